The first kappa shape index (κ1) is 22.2. The Balaban J connectivity index is 1.88. The first-order valence-electron chi connectivity index (χ1n) is 9.26. The Kier molecular flexibility index (Phi) is 6.40. The highest BCUT2D eigenvalue weighted by Gasteiger charge is 2.31. The molecule has 1 saturated heterocycles. The van der Waals surface area contributed by atoms with E-state index in [2.05, 4.69) is 15.7 Å². The predicted octanol–water partition coefficient (Wildman–Crippen LogP) is 2.80. The Morgan fingerprint density at radius 3 is 2.72 bits per heavy atom. The Morgan fingerprint density at radius 1 is 1.41 bits per heavy atom. The fourth-order valence-corrected chi connectivity index (χ4v) is 4.88. The quantitative estimate of drug-likeness (QED) is 0.713. The molecule has 11 heteroatoms. The van der Waals surface area contributed by atoms with E-state index in [1.165, 1.54) is 26.6 Å². The molecule has 0 amide bonds. The molecule has 1 atom stereocenters. The maximum absolute atomic E-state index is 12.9. The van der Waals surface area contributed by atoms with Crippen LogP contribution in [-0.2, 0) is 16.6 Å². The van der Waals surface area contributed by atoms with E-state index in [1.807, 2.05) is 39.0 Å². The number of nitrogens with one attached hydrogen (secondary N) is 2. The topological polar surface area (TPSA) is 96.3 Å². The number of sulfonamides is 1. The van der Waals surface area contributed by atoms with Crippen molar-refractivity contribution < 1.29 is 13.2 Å². The molecule has 1 unspecified atom stereocenters. The van der Waals surface area contributed by atoms with Crippen LogP contribution in [0.1, 0.15) is 42.2 Å². The number of aromatic nitrogens is 2. The van der Waals surface area contributed by atoms with Crippen LogP contribution < -0.4 is 10.6 Å². The van der Waals surface area contributed by atoms with Crippen molar-refractivity contribution in [3.63, 3.8) is 0 Å². The minimum atomic E-state index is -3.29. The largest absolute Gasteiger partial charge is 0.365 e. The molecule has 1 aliphatic rings. The molecular weight excluding hydrogens is 434 g/mol. The first-order chi connectivity index (χ1) is 13.4. The van der Waals surface area contributed by atoms with Crippen LogP contribution in [0.5, 0.6) is 0 Å². The number of hydrogen-bond donors (Lipinski definition) is 2. The van der Waals surface area contributed by atoms with E-state index in [9.17, 15) is 13.2 Å². The van der Waals surface area contributed by atoms with Crippen LogP contribution in [0.25, 0.3) is 0 Å². The summed E-state index contributed by atoms with van der Waals surface area (Å²) in [5, 5.41) is 11.1. The van der Waals surface area contributed by atoms with Crippen LogP contribution >= 0.6 is 22.9 Å². The smallest absolute Gasteiger partial charge is 0.254 e. The number of hydrogen-bond acceptors (Lipinski definition) is 7. The van der Waals surface area contributed by atoms with Gasteiger partial charge < -0.3 is 10.6 Å². The van der Waals surface area contributed by atoms with Gasteiger partial charge >= 0.3 is 0 Å². The predicted molar refractivity (Wildman–Crippen MR) is 116 cm³/mol. The van der Waals surface area contributed by atoms with E-state index in [-0.39, 0.29) is 18.5 Å². The molecule has 0 spiro atoms. The van der Waals surface area contributed by atoms with Crippen molar-refractivity contribution in [3.8, 4) is 0 Å². The summed E-state index contributed by atoms with van der Waals surface area (Å²) in [7, 11) is -3.29. The van der Waals surface area contributed by atoms with Crippen molar-refractivity contribution in [1.29, 1.82) is 0 Å². The Bertz CT molecular complexity index is 994. The Morgan fingerprint density at radius 2 is 2.14 bits per heavy atom. The van der Waals surface area contributed by atoms with E-state index in [1.54, 1.807) is 0 Å². The second kappa shape index (κ2) is 8.35. The number of carbonyl (C=O) groups is 1. The molecule has 2 N–H and O–H groups in total. The molecule has 0 saturated carbocycles. The van der Waals surface area contributed by atoms with Crippen LogP contribution in [-0.4, -0.2) is 54.3 Å². The zero-order valence-corrected chi connectivity index (χ0v) is 19.3. The molecule has 1 aliphatic heterocycles. The van der Waals surface area contributed by atoms with E-state index in [0.29, 0.717) is 35.5 Å². The lowest BCUT2D eigenvalue weighted by molar-refractivity contribution is 0.0750. The molecule has 2 aromatic rings. The number of thiophene rings is 1. The molecule has 8 nitrogen and oxygen atoms in total. The minimum Gasteiger partial charge on any atom is -0.365 e. The lowest BCUT2D eigenvalue weighted by atomic mass is 9.96. The number of anilines is 1. The van der Waals surface area contributed by atoms with Crippen molar-refractivity contribution in [2.24, 2.45) is 5.41 Å². The molecule has 0 bridgehead atoms. The van der Waals surface area contributed by atoms with Gasteiger partial charge in [-0.05, 0) is 12.1 Å². The third-order valence-corrected chi connectivity index (χ3v) is 7.10. The zero-order valence-electron chi connectivity index (χ0n) is 16.9. The van der Waals surface area contributed by atoms with Gasteiger partial charge in [0.15, 0.2) is 0 Å². The monoisotopic (exact) mass is 459 g/mol. The lowest BCUT2D eigenvalue weighted by Crippen LogP contribution is -2.48. The van der Waals surface area contributed by atoms with Crippen LogP contribution in [0.2, 0.25) is 4.34 Å². The number of carbonyl (C=O) groups excluding carboxylic acids is 1. The molecule has 0 aromatic carbocycles. The maximum atomic E-state index is 12.9. The summed E-state index contributed by atoms with van der Waals surface area (Å²) in [6.45, 7) is 7.24. The first-order valence-corrected chi connectivity index (χ1v) is 12.3. The molecule has 1 fully saturated rings. The zero-order chi connectivity index (χ0) is 21.4. The van der Waals surface area contributed by atoms with Gasteiger partial charge in [0.05, 0.1) is 28.9 Å². The highest BCUT2D eigenvalue weighted by molar-refractivity contribution is 7.88. The summed E-state index contributed by atoms with van der Waals surface area (Å²) < 4.78 is 27.4. The average Bonchev–Trinajstić information content (AvgIpc) is 3.24. The Labute approximate surface area is 180 Å². The van der Waals surface area contributed by atoms with Gasteiger partial charge in [0.25, 0.3) is 5.91 Å². The lowest BCUT2D eigenvalue weighted by Gasteiger charge is -2.31. The minimum absolute atomic E-state index is 0.147. The molecule has 2 aromatic heterocycles. The summed E-state index contributed by atoms with van der Waals surface area (Å²) in [6, 6.07) is 5.28. The van der Waals surface area contributed by atoms with Gasteiger partial charge in [-0.3, -0.25) is 4.79 Å². The fraction of sp³-hybridized carbons (Fsp3) is 0.556. The van der Waals surface area contributed by atoms with Crippen molar-refractivity contribution in [1.82, 2.24) is 19.4 Å². The highest BCUT2D eigenvalue weighted by atomic mass is 35.5. The van der Waals surface area contributed by atoms with Gasteiger partial charge in [-0.1, -0.05) is 32.4 Å². The van der Waals surface area contributed by atoms with Crippen molar-refractivity contribution in [2.75, 3.05) is 31.2 Å². The summed E-state index contributed by atoms with van der Waals surface area (Å²) in [5.41, 5.74) is 0.00717. The van der Waals surface area contributed by atoms with E-state index in [4.69, 9.17) is 11.6 Å². The fourth-order valence-electron chi connectivity index (χ4n) is 3.01. The number of piperazine rings is 1. The van der Waals surface area contributed by atoms with Crippen LogP contribution in [0.15, 0.2) is 18.2 Å². The van der Waals surface area contributed by atoms with Gasteiger partial charge in [-0.15, -0.1) is 11.3 Å². The summed E-state index contributed by atoms with van der Waals surface area (Å²) in [6.07, 6.45) is 1.20. The number of halogens is 1. The number of rotatable bonds is 5. The third-order valence-electron chi connectivity index (χ3n) is 4.60. The SMILES string of the molecule is CC(C)(C)C(=O)n1nc(C2CN(S(C)(=O)=O)CCN2)cc1NCc1ccc(Cl)s1. The third kappa shape index (κ3) is 5.37. The highest BCUT2D eigenvalue weighted by Crippen LogP contribution is 2.27. The maximum Gasteiger partial charge on any atom is 0.254 e. The molecule has 0 aliphatic carbocycles. The van der Waals surface area contributed by atoms with Gasteiger partial charge in [0, 0.05) is 36.0 Å². The summed E-state index contributed by atoms with van der Waals surface area (Å²) in [4.78, 5) is 14.0. The Hall–Kier alpha value is -1.46. The molecule has 3 heterocycles. The second-order valence-electron chi connectivity index (χ2n) is 8.11. The van der Waals surface area contributed by atoms with Crippen molar-refractivity contribution in [2.45, 2.75) is 33.4 Å². The summed E-state index contributed by atoms with van der Waals surface area (Å²) >= 11 is 7.46. The van der Waals surface area contributed by atoms with Gasteiger partial charge in [0.2, 0.25) is 10.0 Å². The van der Waals surface area contributed by atoms with E-state index in [0.717, 1.165) is 4.88 Å². The molecule has 3 rings (SSSR count). The van der Waals surface area contributed by atoms with Crippen LogP contribution in [0.3, 0.4) is 0 Å². The van der Waals surface area contributed by atoms with Gasteiger partial charge in [-0.25, -0.2) is 8.42 Å². The van der Waals surface area contributed by atoms with E-state index >= 15 is 0 Å². The number of nitrogens with zero attached hydrogens (tertiary/aromatic N) is 3. The molecular formula is C18H26ClN5O3S2. The van der Waals surface area contributed by atoms with E-state index < -0.39 is 15.4 Å². The molecule has 0 radical (unpaired) electrons. The molecule has 160 valence electrons. The van der Waals surface area contributed by atoms with Crippen molar-refractivity contribution in [3.05, 3.63) is 33.1 Å². The second-order valence-corrected chi connectivity index (χ2v) is 11.9. The van der Waals surface area contributed by atoms with Crippen LogP contribution in [0, 0.1) is 5.41 Å². The average molecular weight is 460 g/mol. The summed E-state index contributed by atoms with van der Waals surface area (Å²) in [5.74, 6) is 0.425. The normalized spacial score (nSPS) is 18.7. The molecule has 29 heavy (non-hydrogen) atoms. The van der Waals surface area contributed by atoms with Crippen molar-refractivity contribution >= 4 is 44.7 Å². The van der Waals surface area contributed by atoms with Crippen LogP contribution in [0.4, 0.5) is 5.82 Å². The standard InChI is InChI=1S/C18H26ClN5O3S2/c1-18(2,3)17(25)24-16(21-10-12-5-6-15(19)28-12)9-13(22-24)14-11-23(8-7-20-14)29(4,26)27/h5-6,9,14,20-21H,7-8,10-11H2,1-4H3. The van der Waals surface area contributed by atoms with Gasteiger partial charge in [0.1, 0.15) is 5.82 Å². The van der Waals surface area contributed by atoms with Gasteiger partial charge in [-0.2, -0.15) is 14.1 Å².